The molecule has 18 heavy (non-hydrogen) atoms. The van der Waals surface area contributed by atoms with Gasteiger partial charge in [-0.15, -0.1) is 0 Å². The maximum Gasteiger partial charge on any atom is 0.139 e. The van der Waals surface area contributed by atoms with Crippen LogP contribution in [0.25, 0.3) is 0 Å². The second kappa shape index (κ2) is 5.85. The van der Waals surface area contributed by atoms with Gasteiger partial charge in [0.1, 0.15) is 5.78 Å². The standard InChI is InChI=1S/C14H25N3O/c1-14(2)10-12(9-13(18)11-14)16-5-8-17-6-3-15-4-7-17/h10,15-16H,3-9,11H2,1-2H3. The minimum atomic E-state index is 0.0205. The number of allylic oxidation sites excluding steroid dienone is 2. The average molecular weight is 251 g/mol. The molecule has 0 aromatic rings. The van der Waals surface area contributed by atoms with Gasteiger partial charge in [-0.2, -0.15) is 0 Å². The number of ketones is 1. The van der Waals surface area contributed by atoms with Crippen LogP contribution in [0.2, 0.25) is 0 Å². The van der Waals surface area contributed by atoms with Gasteiger partial charge in [0.25, 0.3) is 0 Å². The summed E-state index contributed by atoms with van der Waals surface area (Å²) in [7, 11) is 0. The fourth-order valence-electron chi connectivity index (χ4n) is 2.78. The second-order valence-corrected chi connectivity index (χ2v) is 6.07. The van der Waals surface area contributed by atoms with Gasteiger partial charge in [0.05, 0.1) is 0 Å². The molecule has 2 rings (SSSR count). The van der Waals surface area contributed by atoms with Crippen LogP contribution >= 0.6 is 0 Å². The molecule has 1 saturated heterocycles. The van der Waals surface area contributed by atoms with Crippen LogP contribution < -0.4 is 10.6 Å². The molecule has 1 aliphatic carbocycles. The van der Waals surface area contributed by atoms with Crippen molar-refractivity contribution in [3.63, 3.8) is 0 Å². The van der Waals surface area contributed by atoms with E-state index in [-0.39, 0.29) is 5.41 Å². The fourth-order valence-corrected chi connectivity index (χ4v) is 2.78. The Balaban J connectivity index is 1.75. The molecule has 2 N–H and O–H groups in total. The smallest absolute Gasteiger partial charge is 0.139 e. The quantitative estimate of drug-likeness (QED) is 0.774. The summed E-state index contributed by atoms with van der Waals surface area (Å²) in [4.78, 5) is 14.1. The van der Waals surface area contributed by atoms with Crippen molar-refractivity contribution < 1.29 is 4.79 Å². The van der Waals surface area contributed by atoms with Crippen molar-refractivity contribution in [1.82, 2.24) is 15.5 Å². The van der Waals surface area contributed by atoms with Crippen molar-refractivity contribution in [2.75, 3.05) is 39.3 Å². The first kappa shape index (κ1) is 13.6. The van der Waals surface area contributed by atoms with Crippen molar-refractivity contribution in [1.29, 1.82) is 0 Å². The molecule has 1 heterocycles. The Labute approximate surface area is 110 Å². The lowest BCUT2D eigenvalue weighted by molar-refractivity contribution is -0.120. The summed E-state index contributed by atoms with van der Waals surface area (Å²) in [5, 5.41) is 6.79. The summed E-state index contributed by atoms with van der Waals surface area (Å²) < 4.78 is 0. The van der Waals surface area contributed by atoms with Crippen LogP contribution in [-0.2, 0) is 4.79 Å². The Morgan fingerprint density at radius 2 is 2.11 bits per heavy atom. The lowest BCUT2D eigenvalue weighted by Gasteiger charge is -2.29. The Morgan fingerprint density at radius 1 is 1.39 bits per heavy atom. The molecule has 0 bridgehead atoms. The molecule has 0 atom stereocenters. The van der Waals surface area contributed by atoms with Gasteiger partial charge in [0, 0.05) is 57.8 Å². The minimum absolute atomic E-state index is 0.0205. The molecule has 1 aliphatic heterocycles. The Bertz CT molecular complexity index is 330. The van der Waals surface area contributed by atoms with E-state index in [2.05, 4.69) is 35.5 Å². The summed E-state index contributed by atoms with van der Waals surface area (Å²) >= 11 is 0. The number of Topliss-reactive ketones (excluding diaryl/α,β-unsaturated/α-hetero) is 1. The Hall–Kier alpha value is -0.870. The fraction of sp³-hybridized carbons (Fsp3) is 0.786. The zero-order valence-electron chi connectivity index (χ0n) is 11.6. The maximum absolute atomic E-state index is 11.7. The third-order valence-corrected chi connectivity index (χ3v) is 3.60. The summed E-state index contributed by atoms with van der Waals surface area (Å²) in [6, 6.07) is 0. The highest BCUT2D eigenvalue weighted by Gasteiger charge is 2.25. The highest BCUT2D eigenvalue weighted by molar-refractivity contribution is 5.83. The number of carbonyl (C=O) groups is 1. The zero-order chi connectivity index (χ0) is 13.0. The van der Waals surface area contributed by atoms with Crippen molar-refractivity contribution >= 4 is 5.78 Å². The molecule has 0 spiro atoms. The van der Waals surface area contributed by atoms with Crippen LogP contribution in [0.3, 0.4) is 0 Å². The molecule has 4 nitrogen and oxygen atoms in total. The van der Waals surface area contributed by atoms with E-state index in [1.165, 1.54) is 0 Å². The number of rotatable bonds is 4. The number of piperazine rings is 1. The SMILES string of the molecule is CC1(C)C=C(NCCN2CCNCC2)CC(=O)C1. The molecule has 102 valence electrons. The lowest BCUT2D eigenvalue weighted by atomic mass is 9.81. The zero-order valence-corrected chi connectivity index (χ0v) is 11.6. The van der Waals surface area contributed by atoms with Crippen LogP contribution in [0.15, 0.2) is 11.8 Å². The van der Waals surface area contributed by atoms with Crippen molar-refractivity contribution in [3.05, 3.63) is 11.8 Å². The van der Waals surface area contributed by atoms with Gasteiger partial charge in [-0.3, -0.25) is 9.69 Å². The van der Waals surface area contributed by atoms with E-state index in [9.17, 15) is 4.79 Å². The van der Waals surface area contributed by atoms with Gasteiger partial charge in [0.2, 0.25) is 0 Å². The summed E-state index contributed by atoms with van der Waals surface area (Å²) in [6.07, 6.45) is 3.49. The monoisotopic (exact) mass is 251 g/mol. The van der Waals surface area contributed by atoms with Crippen LogP contribution in [0.5, 0.6) is 0 Å². The molecule has 4 heteroatoms. The highest BCUT2D eigenvalue weighted by Crippen LogP contribution is 2.29. The van der Waals surface area contributed by atoms with Gasteiger partial charge < -0.3 is 10.6 Å². The molecule has 0 unspecified atom stereocenters. The predicted octanol–water partition coefficient (Wildman–Crippen LogP) is 0.754. The van der Waals surface area contributed by atoms with Crippen molar-refractivity contribution in [2.45, 2.75) is 26.7 Å². The highest BCUT2D eigenvalue weighted by atomic mass is 16.1. The molecule has 0 radical (unpaired) electrons. The molecule has 0 aromatic heterocycles. The van der Waals surface area contributed by atoms with Crippen molar-refractivity contribution in [3.8, 4) is 0 Å². The first-order valence-electron chi connectivity index (χ1n) is 6.96. The van der Waals surface area contributed by atoms with Gasteiger partial charge in [-0.1, -0.05) is 19.9 Å². The van der Waals surface area contributed by atoms with Crippen molar-refractivity contribution in [2.24, 2.45) is 5.41 Å². The first-order valence-corrected chi connectivity index (χ1v) is 6.96. The van der Waals surface area contributed by atoms with Gasteiger partial charge in [0.15, 0.2) is 0 Å². The number of nitrogens with one attached hydrogen (secondary N) is 2. The molecular weight excluding hydrogens is 226 g/mol. The molecule has 0 saturated carbocycles. The van der Waals surface area contributed by atoms with E-state index >= 15 is 0 Å². The van der Waals surface area contributed by atoms with Crippen LogP contribution in [-0.4, -0.2) is 50.0 Å². The molecule has 0 aromatic carbocycles. The van der Waals surface area contributed by atoms with Gasteiger partial charge in [-0.05, 0) is 5.41 Å². The lowest BCUT2D eigenvalue weighted by Crippen LogP contribution is -2.45. The largest absolute Gasteiger partial charge is 0.387 e. The second-order valence-electron chi connectivity index (χ2n) is 6.07. The number of nitrogens with zero attached hydrogens (tertiary/aromatic N) is 1. The summed E-state index contributed by atoms with van der Waals surface area (Å²) in [5.41, 5.74) is 1.14. The third-order valence-electron chi connectivity index (χ3n) is 3.60. The number of carbonyl (C=O) groups excluding carboxylic acids is 1. The van der Waals surface area contributed by atoms with Crippen LogP contribution in [0, 0.1) is 5.41 Å². The molecule has 0 amide bonds. The maximum atomic E-state index is 11.7. The molecule has 2 aliphatic rings. The van der Waals surface area contributed by atoms with E-state index < -0.39 is 0 Å². The molecule has 1 fully saturated rings. The number of hydrogen-bond acceptors (Lipinski definition) is 4. The summed E-state index contributed by atoms with van der Waals surface area (Å²) in [6.45, 7) is 10.7. The molecular formula is C14H25N3O. The Kier molecular flexibility index (Phi) is 4.40. The third kappa shape index (κ3) is 4.10. The summed E-state index contributed by atoms with van der Waals surface area (Å²) in [5.74, 6) is 0.354. The van der Waals surface area contributed by atoms with E-state index in [0.717, 1.165) is 45.0 Å². The van der Waals surface area contributed by atoms with Gasteiger partial charge >= 0.3 is 0 Å². The van der Waals surface area contributed by atoms with Crippen LogP contribution in [0.4, 0.5) is 0 Å². The minimum Gasteiger partial charge on any atom is -0.387 e. The number of hydrogen-bond donors (Lipinski definition) is 2. The Morgan fingerprint density at radius 3 is 2.78 bits per heavy atom. The van der Waals surface area contributed by atoms with E-state index in [1.807, 2.05) is 0 Å². The van der Waals surface area contributed by atoms with Gasteiger partial charge in [-0.25, -0.2) is 0 Å². The van der Waals surface area contributed by atoms with E-state index in [1.54, 1.807) is 0 Å². The van der Waals surface area contributed by atoms with E-state index in [0.29, 0.717) is 18.6 Å². The van der Waals surface area contributed by atoms with E-state index in [4.69, 9.17) is 0 Å². The normalized spacial score (nSPS) is 24.8. The first-order chi connectivity index (χ1) is 8.55. The van der Waals surface area contributed by atoms with Crippen LogP contribution in [0.1, 0.15) is 26.7 Å². The topological polar surface area (TPSA) is 44.4 Å². The predicted molar refractivity (Wildman–Crippen MR) is 73.4 cm³/mol. The average Bonchev–Trinajstić information content (AvgIpc) is 2.27.